The van der Waals surface area contributed by atoms with Crippen LogP contribution in [0.4, 0.5) is 0 Å². The van der Waals surface area contributed by atoms with Crippen LogP contribution < -0.4 is 5.73 Å². The van der Waals surface area contributed by atoms with Crippen LogP contribution in [0.5, 0.6) is 0 Å². The van der Waals surface area contributed by atoms with Gasteiger partial charge in [-0.2, -0.15) is 0 Å². The first-order valence-electron chi connectivity index (χ1n) is 6.26. The van der Waals surface area contributed by atoms with Crippen LogP contribution in [0, 0.1) is 5.92 Å². The maximum absolute atomic E-state index is 5.91. The number of rotatable bonds is 4. The van der Waals surface area contributed by atoms with Crippen molar-refractivity contribution in [1.82, 2.24) is 9.80 Å². The molecule has 1 saturated heterocycles. The number of hydrogen-bond donors (Lipinski definition) is 1. The van der Waals surface area contributed by atoms with Crippen LogP contribution in [0.1, 0.15) is 18.5 Å². The Hall–Kier alpha value is -0.840. The molecule has 1 aliphatic heterocycles. The van der Waals surface area contributed by atoms with E-state index in [0.29, 0.717) is 24.5 Å². The molecule has 1 aromatic rings. The minimum absolute atomic E-state index is 0.293. The number of nitrogens with two attached hydrogens (primary N) is 1. The number of furan rings is 1. The summed E-state index contributed by atoms with van der Waals surface area (Å²) in [6.45, 7) is 5.15. The number of likely N-dealkylation sites (tertiary alicyclic amines) is 1. The molecule has 0 aliphatic carbocycles. The summed E-state index contributed by atoms with van der Waals surface area (Å²) in [5, 5.41) is 0. The Morgan fingerprint density at radius 1 is 1.53 bits per heavy atom. The van der Waals surface area contributed by atoms with Crippen molar-refractivity contribution >= 4 is 0 Å². The van der Waals surface area contributed by atoms with E-state index in [2.05, 4.69) is 30.8 Å². The summed E-state index contributed by atoms with van der Waals surface area (Å²) in [6.07, 6.45) is 3.53. The van der Waals surface area contributed by atoms with E-state index in [0.717, 1.165) is 13.1 Å². The molecule has 0 bridgehead atoms. The molecule has 2 heterocycles. The maximum atomic E-state index is 5.91. The highest BCUT2D eigenvalue weighted by atomic mass is 16.3. The molecule has 1 aliphatic rings. The van der Waals surface area contributed by atoms with E-state index < -0.39 is 0 Å². The number of likely N-dealkylation sites (N-methyl/N-ethyl adjacent to an activating group) is 1. The molecule has 1 aromatic heterocycles. The third-order valence-electron chi connectivity index (χ3n) is 3.86. The van der Waals surface area contributed by atoms with Crippen LogP contribution in [0.2, 0.25) is 0 Å². The first-order chi connectivity index (χ1) is 8.13. The van der Waals surface area contributed by atoms with Crippen LogP contribution >= 0.6 is 0 Å². The van der Waals surface area contributed by atoms with Gasteiger partial charge in [-0.25, -0.2) is 0 Å². The van der Waals surface area contributed by atoms with Gasteiger partial charge in [0.05, 0.1) is 18.6 Å². The smallest absolute Gasteiger partial charge is 0.0950 e. The summed E-state index contributed by atoms with van der Waals surface area (Å²) in [7, 11) is 4.31. The zero-order valence-corrected chi connectivity index (χ0v) is 11.0. The van der Waals surface area contributed by atoms with E-state index in [1.165, 1.54) is 5.56 Å². The third-order valence-corrected chi connectivity index (χ3v) is 3.86. The quantitative estimate of drug-likeness (QED) is 0.853. The van der Waals surface area contributed by atoms with Gasteiger partial charge in [0.25, 0.3) is 0 Å². The van der Waals surface area contributed by atoms with Crippen molar-refractivity contribution in [1.29, 1.82) is 0 Å². The molecule has 3 unspecified atom stereocenters. The lowest BCUT2D eigenvalue weighted by Gasteiger charge is -2.26. The predicted octanol–water partition coefficient (Wildman–Crippen LogP) is 1.16. The molecule has 3 atom stereocenters. The minimum atomic E-state index is 0.293. The van der Waals surface area contributed by atoms with Crippen molar-refractivity contribution in [3.8, 4) is 0 Å². The van der Waals surface area contributed by atoms with Crippen molar-refractivity contribution in [2.24, 2.45) is 11.7 Å². The van der Waals surface area contributed by atoms with Crippen LogP contribution in [0.25, 0.3) is 0 Å². The second-order valence-electron chi connectivity index (χ2n) is 5.27. The van der Waals surface area contributed by atoms with E-state index in [1.807, 2.05) is 12.3 Å². The fourth-order valence-electron chi connectivity index (χ4n) is 2.87. The van der Waals surface area contributed by atoms with Gasteiger partial charge in [-0.15, -0.1) is 0 Å². The van der Waals surface area contributed by atoms with Gasteiger partial charge in [0, 0.05) is 31.2 Å². The van der Waals surface area contributed by atoms with Crippen molar-refractivity contribution in [3.05, 3.63) is 24.2 Å². The zero-order chi connectivity index (χ0) is 12.4. The first-order valence-corrected chi connectivity index (χ1v) is 6.26. The highest BCUT2D eigenvalue weighted by Gasteiger charge is 2.34. The van der Waals surface area contributed by atoms with Gasteiger partial charge in [0.2, 0.25) is 0 Å². The van der Waals surface area contributed by atoms with Crippen LogP contribution in [-0.2, 0) is 0 Å². The second kappa shape index (κ2) is 5.21. The summed E-state index contributed by atoms with van der Waals surface area (Å²) >= 11 is 0. The predicted molar refractivity (Wildman–Crippen MR) is 68.7 cm³/mol. The summed E-state index contributed by atoms with van der Waals surface area (Å²) < 4.78 is 5.17. The molecular weight excluding hydrogens is 214 g/mol. The van der Waals surface area contributed by atoms with Crippen molar-refractivity contribution in [3.63, 3.8) is 0 Å². The van der Waals surface area contributed by atoms with Gasteiger partial charge in [-0.1, -0.05) is 6.92 Å². The molecule has 0 amide bonds. The number of hydrogen-bond acceptors (Lipinski definition) is 4. The summed E-state index contributed by atoms with van der Waals surface area (Å²) in [5.41, 5.74) is 7.11. The highest BCUT2D eigenvalue weighted by Crippen LogP contribution is 2.28. The van der Waals surface area contributed by atoms with Gasteiger partial charge < -0.3 is 15.1 Å². The van der Waals surface area contributed by atoms with Gasteiger partial charge in [0.1, 0.15) is 0 Å². The third kappa shape index (κ3) is 2.54. The van der Waals surface area contributed by atoms with Crippen LogP contribution in [-0.4, -0.2) is 49.6 Å². The topological polar surface area (TPSA) is 45.6 Å². The molecule has 2 N–H and O–H groups in total. The molecule has 0 spiro atoms. The van der Waals surface area contributed by atoms with Gasteiger partial charge in [-0.3, -0.25) is 4.90 Å². The Morgan fingerprint density at radius 2 is 2.29 bits per heavy atom. The second-order valence-corrected chi connectivity index (χ2v) is 5.27. The molecular formula is C13H23N3O. The molecule has 0 aromatic carbocycles. The highest BCUT2D eigenvalue weighted by molar-refractivity contribution is 5.13. The fourth-order valence-corrected chi connectivity index (χ4v) is 2.87. The van der Waals surface area contributed by atoms with E-state index in [9.17, 15) is 0 Å². The Balaban J connectivity index is 2.08. The normalized spacial score (nSPS) is 27.8. The molecule has 0 radical (unpaired) electrons. The summed E-state index contributed by atoms with van der Waals surface area (Å²) in [6, 6.07) is 2.93. The Labute approximate surface area is 103 Å². The summed E-state index contributed by atoms with van der Waals surface area (Å²) in [4.78, 5) is 4.79. The van der Waals surface area contributed by atoms with Crippen LogP contribution in [0.15, 0.2) is 23.0 Å². The lowest BCUT2D eigenvalue weighted by molar-refractivity contribution is 0.219. The Morgan fingerprint density at radius 3 is 2.76 bits per heavy atom. The molecule has 4 nitrogen and oxygen atoms in total. The fraction of sp³-hybridized carbons (Fsp3) is 0.692. The minimum Gasteiger partial charge on any atom is -0.472 e. The van der Waals surface area contributed by atoms with Gasteiger partial charge in [0.15, 0.2) is 0 Å². The van der Waals surface area contributed by atoms with E-state index >= 15 is 0 Å². The van der Waals surface area contributed by atoms with Crippen molar-refractivity contribution in [2.45, 2.75) is 19.0 Å². The SMILES string of the molecule is CC1CN(C(CN)c2ccoc2)CC1N(C)C. The lowest BCUT2D eigenvalue weighted by Crippen LogP contribution is -2.36. The average molecular weight is 237 g/mol. The zero-order valence-electron chi connectivity index (χ0n) is 11.0. The van der Waals surface area contributed by atoms with E-state index in [-0.39, 0.29) is 0 Å². The van der Waals surface area contributed by atoms with Crippen molar-refractivity contribution in [2.75, 3.05) is 33.7 Å². The molecule has 96 valence electrons. The Kier molecular flexibility index (Phi) is 3.86. The average Bonchev–Trinajstić information content (AvgIpc) is 2.89. The summed E-state index contributed by atoms with van der Waals surface area (Å²) in [5.74, 6) is 0.686. The van der Waals surface area contributed by atoms with Gasteiger partial charge >= 0.3 is 0 Å². The maximum Gasteiger partial charge on any atom is 0.0950 e. The molecule has 0 saturated carbocycles. The van der Waals surface area contributed by atoms with E-state index in [4.69, 9.17) is 10.2 Å². The molecule has 4 heteroatoms. The monoisotopic (exact) mass is 237 g/mol. The molecule has 17 heavy (non-hydrogen) atoms. The first kappa shape index (κ1) is 12.6. The van der Waals surface area contributed by atoms with Crippen molar-refractivity contribution < 1.29 is 4.42 Å². The lowest BCUT2D eigenvalue weighted by atomic mass is 10.1. The standard InChI is InChI=1S/C13H23N3O/c1-10-7-16(8-13(10)15(2)3)12(6-14)11-4-5-17-9-11/h4-5,9-10,12-13H,6-8,14H2,1-3H3. The van der Waals surface area contributed by atoms with Gasteiger partial charge in [-0.05, 0) is 26.1 Å². The molecule has 2 rings (SSSR count). The Bertz CT molecular complexity index is 336. The van der Waals surface area contributed by atoms with E-state index in [1.54, 1.807) is 6.26 Å². The largest absolute Gasteiger partial charge is 0.472 e. The number of nitrogens with zero attached hydrogens (tertiary/aromatic N) is 2. The van der Waals surface area contributed by atoms with Crippen LogP contribution in [0.3, 0.4) is 0 Å². The molecule has 1 fully saturated rings.